The van der Waals surface area contributed by atoms with Gasteiger partial charge < -0.3 is 9.47 Å². The van der Waals surface area contributed by atoms with E-state index in [1.807, 2.05) is 24.3 Å². The predicted octanol–water partition coefficient (Wildman–Crippen LogP) is 6.66. The maximum atomic E-state index is 5.35. The highest BCUT2D eigenvalue weighted by Gasteiger charge is 2.26. The fourth-order valence-corrected chi connectivity index (χ4v) is 3.88. The number of ether oxygens (including phenoxy) is 2. The molecule has 0 aromatic heterocycles. The average Bonchev–Trinajstić information content (AvgIpc) is 3.27. The van der Waals surface area contributed by atoms with Crippen LogP contribution in [0, 0.1) is 0 Å². The summed E-state index contributed by atoms with van der Waals surface area (Å²) in [5, 5.41) is 2.21. The van der Waals surface area contributed by atoms with E-state index in [4.69, 9.17) is 9.47 Å². The summed E-state index contributed by atoms with van der Waals surface area (Å²) < 4.78 is 10.6. The minimum Gasteiger partial charge on any atom is -0.497 e. The first-order valence-electron chi connectivity index (χ1n) is 11.2. The Hall–Kier alpha value is -3.66. The Morgan fingerprint density at radius 2 is 1.33 bits per heavy atom. The van der Waals surface area contributed by atoms with Gasteiger partial charge in [-0.15, -0.1) is 0 Å². The first kappa shape index (κ1) is 22.5. The number of hydrogen-bond acceptors (Lipinski definition) is 4. The summed E-state index contributed by atoms with van der Waals surface area (Å²) in [5.41, 5.74) is 9.50. The Morgan fingerprint density at radius 3 is 1.88 bits per heavy atom. The molecule has 1 atom stereocenters. The average molecular weight is 441 g/mol. The minimum absolute atomic E-state index is 0.0620. The van der Waals surface area contributed by atoms with Gasteiger partial charge in [-0.25, -0.2) is 0 Å². The smallest absolute Gasteiger partial charge is 0.118 e. The van der Waals surface area contributed by atoms with Gasteiger partial charge in [0.25, 0.3) is 0 Å². The zero-order valence-electron chi connectivity index (χ0n) is 20.0. The number of nitrogens with one attached hydrogen (secondary N) is 1. The van der Waals surface area contributed by atoms with Gasteiger partial charge in [-0.3, -0.25) is 10.4 Å². The zero-order chi connectivity index (χ0) is 23.4. The summed E-state index contributed by atoms with van der Waals surface area (Å²) in [6.07, 6.45) is 6.47. The van der Waals surface area contributed by atoms with Crippen LogP contribution in [0.5, 0.6) is 11.5 Å². The number of anilines is 1. The van der Waals surface area contributed by atoms with Crippen molar-refractivity contribution in [1.82, 2.24) is 5.43 Å². The van der Waals surface area contributed by atoms with Crippen LogP contribution in [-0.4, -0.2) is 14.2 Å². The summed E-state index contributed by atoms with van der Waals surface area (Å²) in [6.45, 7) is 6.71. The molecule has 0 saturated carbocycles. The van der Waals surface area contributed by atoms with Crippen LogP contribution in [0.1, 0.15) is 43.5 Å². The monoisotopic (exact) mass is 440 g/mol. The standard InChI is InChI=1S/C29H32N2O2/c1-29(2,3)23-11-14-25(15-12-23)31-28(22-9-18-27(33-5)19-10-22)20-24(30-31)13-6-21-7-16-26(32-4)17-8-21/h6-20,28,30H,1-5H3. The predicted molar refractivity (Wildman–Crippen MR) is 137 cm³/mol. The Morgan fingerprint density at radius 1 is 0.758 bits per heavy atom. The molecule has 3 aromatic rings. The Labute approximate surface area is 197 Å². The molecule has 0 spiro atoms. The van der Waals surface area contributed by atoms with E-state index in [1.165, 1.54) is 11.1 Å². The quantitative estimate of drug-likeness (QED) is 0.464. The van der Waals surface area contributed by atoms with E-state index in [-0.39, 0.29) is 11.5 Å². The third kappa shape index (κ3) is 5.23. The maximum Gasteiger partial charge on any atom is 0.118 e. The molecule has 1 unspecified atom stereocenters. The highest BCUT2D eigenvalue weighted by atomic mass is 16.5. The first-order valence-corrected chi connectivity index (χ1v) is 11.2. The normalized spacial score (nSPS) is 16.0. The van der Waals surface area contributed by atoms with Crippen molar-refractivity contribution in [2.75, 3.05) is 19.2 Å². The largest absolute Gasteiger partial charge is 0.497 e. The highest BCUT2D eigenvalue weighted by Crippen LogP contribution is 2.34. The molecule has 0 amide bonds. The molecule has 170 valence electrons. The van der Waals surface area contributed by atoms with Crippen molar-refractivity contribution in [2.45, 2.75) is 32.2 Å². The molecule has 0 fully saturated rings. The lowest BCUT2D eigenvalue weighted by Gasteiger charge is -2.28. The second-order valence-corrected chi connectivity index (χ2v) is 9.23. The summed E-state index contributed by atoms with van der Waals surface area (Å²) in [7, 11) is 3.37. The Bertz CT molecular complexity index is 1120. The summed E-state index contributed by atoms with van der Waals surface area (Å²) in [6, 6.07) is 25.2. The van der Waals surface area contributed by atoms with Crippen LogP contribution in [0.4, 0.5) is 5.69 Å². The zero-order valence-corrected chi connectivity index (χ0v) is 20.0. The molecule has 3 aromatic carbocycles. The number of allylic oxidation sites excluding steroid dienone is 1. The van der Waals surface area contributed by atoms with Crippen molar-refractivity contribution in [1.29, 1.82) is 0 Å². The maximum absolute atomic E-state index is 5.35. The van der Waals surface area contributed by atoms with Crippen LogP contribution in [-0.2, 0) is 5.41 Å². The Kier molecular flexibility index (Phi) is 6.45. The molecule has 1 aliphatic heterocycles. The third-order valence-corrected chi connectivity index (χ3v) is 5.91. The van der Waals surface area contributed by atoms with Crippen LogP contribution in [0.25, 0.3) is 6.08 Å². The molecule has 1 heterocycles. The van der Waals surface area contributed by atoms with Crippen molar-refractivity contribution in [3.63, 3.8) is 0 Å². The minimum atomic E-state index is 0.0620. The van der Waals surface area contributed by atoms with Crippen LogP contribution in [0.2, 0.25) is 0 Å². The number of hydrogen-bond donors (Lipinski definition) is 1. The van der Waals surface area contributed by atoms with Gasteiger partial charge in [-0.2, -0.15) is 0 Å². The first-order chi connectivity index (χ1) is 15.9. The van der Waals surface area contributed by atoms with E-state index >= 15 is 0 Å². The molecular weight excluding hydrogens is 408 g/mol. The van der Waals surface area contributed by atoms with Gasteiger partial charge in [-0.1, -0.05) is 63.2 Å². The van der Waals surface area contributed by atoms with Crippen molar-refractivity contribution < 1.29 is 9.47 Å². The molecule has 4 rings (SSSR count). The van der Waals surface area contributed by atoms with E-state index in [0.717, 1.165) is 28.4 Å². The van der Waals surface area contributed by atoms with Crippen molar-refractivity contribution >= 4 is 11.8 Å². The van der Waals surface area contributed by atoms with Gasteiger partial charge >= 0.3 is 0 Å². The lowest BCUT2D eigenvalue weighted by Crippen LogP contribution is -2.34. The molecule has 1 N–H and O–H groups in total. The van der Waals surface area contributed by atoms with E-state index < -0.39 is 0 Å². The second-order valence-electron chi connectivity index (χ2n) is 9.23. The van der Waals surface area contributed by atoms with E-state index in [9.17, 15) is 0 Å². The second kappa shape index (κ2) is 9.45. The lowest BCUT2D eigenvalue weighted by atomic mass is 9.87. The molecule has 4 heteroatoms. The topological polar surface area (TPSA) is 33.7 Å². The Balaban J connectivity index is 1.62. The molecule has 1 aliphatic rings. The molecule has 33 heavy (non-hydrogen) atoms. The van der Waals surface area contributed by atoms with E-state index in [0.29, 0.717) is 0 Å². The molecule has 0 aliphatic carbocycles. The summed E-state index contributed by atoms with van der Waals surface area (Å²) in [4.78, 5) is 0. The SMILES string of the molecule is COc1ccc(C=CC2=CC(c3ccc(OC)cc3)N(c3ccc(C(C)(C)C)cc3)N2)cc1. The van der Waals surface area contributed by atoms with Gasteiger partial charge in [0, 0.05) is 0 Å². The summed E-state index contributed by atoms with van der Waals surface area (Å²) >= 11 is 0. The van der Waals surface area contributed by atoms with Crippen LogP contribution < -0.4 is 19.9 Å². The number of nitrogens with zero attached hydrogens (tertiary/aromatic N) is 1. The van der Waals surface area contributed by atoms with E-state index in [2.05, 4.69) is 98.0 Å². The van der Waals surface area contributed by atoms with E-state index in [1.54, 1.807) is 14.2 Å². The number of benzene rings is 3. The van der Waals surface area contributed by atoms with Gasteiger partial charge in [0.05, 0.1) is 31.6 Å². The third-order valence-electron chi connectivity index (χ3n) is 5.91. The van der Waals surface area contributed by atoms with Crippen molar-refractivity contribution in [3.05, 3.63) is 107 Å². The number of methoxy groups -OCH3 is 2. The van der Waals surface area contributed by atoms with Gasteiger partial charge in [0.1, 0.15) is 11.5 Å². The van der Waals surface area contributed by atoms with Gasteiger partial charge in [0.15, 0.2) is 0 Å². The van der Waals surface area contributed by atoms with Crippen molar-refractivity contribution in [3.8, 4) is 11.5 Å². The van der Waals surface area contributed by atoms with Crippen molar-refractivity contribution in [2.24, 2.45) is 0 Å². The molecular formula is C29H32N2O2. The number of rotatable bonds is 6. The molecule has 0 radical (unpaired) electrons. The fourth-order valence-electron chi connectivity index (χ4n) is 3.88. The van der Waals surface area contributed by atoms with Crippen LogP contribution >= 0.6 is 0 Å². The van der Waals surface area contributed by atoms with Crippen LogP contribution in [0.15, 0.2) is 90.6 Å². The highest BCUT2D eigenvalue weighted by molar-refractivity contribution is 5.59. The summed E-state index contributed by atoms with van der Waals surface area (Å²) in [5.74, 6) is 1.71. The molecule has 0 bridgehead atoms. The molecule has 0 saturated heterocycles. The van der Waals surface area contributed by atoms with Gasteiger partial charge in [-0.05, 0) is 70.7 Å². The van der Waals surface area contributed by atoms with Gasteiger partial charge in [0.2, 0.25) is 0 Å². The molecule has 4 nitrogen and oxygen atoms in total. The lowest BCUT2D eigenvalue weighted by molar-refractivity contribution is 0.414. The fraction of sp³-hybridized carbons (Fsp3) is 0.241. The number of hydrazine groups is 1. The van der Waals surface area contributed by atoms with Crippen LogP contribution in [0.3, 0.4) is 0 Å².